The molecule has 6 nitrogen and oxygen atoms in total. The Balaban J connectivity index is 2.21. The monoisotopic (exact) mass is 430 g/mol. The maximum Gasteiger partial charge on any atom is 0.418 e. The standard InChI is InChI=1S/C17H14ClF3N4O2S/c1-9-15(16(23)25(24-9)14-5-3-2-4-12(14)18)28(26,27)10-6-7-13(22)11(8-10)17(19,20)21/h2-8H,22-23H2,1H3. The van der Waals surface area contributed by atoms with Gasteiger partial charge in [-0.3, -0.25) is 0 Å². The van der Waals surface area contributed by atoms with Crippen LogP contribution in [-0.4, -0.2) is 18.2 Å². The van der Waals surface area contributed by atoms with E-state index in [1.165, 1.54) is 6.92 Å². The minimum Gasteiger partial charge on any atom is -0.398 e. The molecule has 0 radical (unpaired) electrons. The molecule has 0 aliphatic rings. The van der Waals surface area contributed by atoms with Crippen LogP contribution in [0.5, 0.6) is 0 Å². The van der Waals surface area contributed by atoms with Gasteiger partial charge >= 0.3 is 6.18 Å². The van der Waals surface area contributed by atoms with Gasteiger partial charge in [-0.15, -0.1) is 0 Å². The second-order valence-electron chi connectivity index (χ2n) is 5.91. The summed E-state index contributed by atoms with van der Waals surface area (Å²) in [5.41, 5.74) is 9.86. The van der Waals surface area contributed by atoms with Gasteiger partial charge in [0.2, 0.25) is 9.84 Å². The van der Waals surface area contributed by atoms with Crippen molar-refractivity contribution in [1.29, 1.82) is 0 Å². The van der Waals surface area contributed by atoms with Crippen molar-refractivity contribution in [3.8, 4) is 5.69 Å². The van der Waals surface area contributed by atoms with Gasteiger partial charge in [0.15, 0.2) is 0 Å². The molecule has 148 valence electrons. The van der Waals surface area contributed by atoms with E-state index < -0.39 is 37.1 Å². The van der Waals surface area contributed by atoms with Gasteiger partial charge in [0, 0.05) is 5.69 Å². The maximum absolute atomic E-state index is 13.1. The number of rotatable bonds is 3. The van der Waals surface area contributed by atoms with Gasteiger partial charge in [-0.25, -0.2) is 13.1 Å². The van der Waals surface area contributed by atoms with Crippen molar-refractivity contribution in [3.63, 3.8) is 0 Å². The molecule has 2 aromatic carbocycles. The maximum atomic E-state index is 13.1. The molecule has 0 spiro atoms. The zero-order valence-electron chi connectivity index (χ0n) is 14.3. The van der Waals surface area contributed by atoms with E-state index in [4.69, 9.17) is 23.1 Å². The van der Waals surface area contributed by atoms with Crippen LogP contribution in [0.25, 0.3) is 5.69 Å². The largest absolute Gasteiger partial charge is 0.418 e. The quantitative estimate of drug-likeness (QED) is 0.614. The highest BCUT2D eigenvalue weighted by molar-refractivity contribution is 7.91. The third-order valence-electron chi connectivity index (χ3n) is 4.03. The third-order valence-corrected chi connectivity index (χ3v) is 6.27. The van der Waals surface area contributed by atoms with Crippen molar-refractivity contribution in [1.82, 2.24) is 9.78 Å². The number of anilines is 2. The van der Waals surface area contributed by atoms with Crippen molar-refractivity contribution in [2.24, 2.45) is 0 Å². The number of benzene rings is 2. The first-order valence-corrected chi connectivity index (χ1v) is 9.62. The summed E-state index contributed by atoms with van der Waals surface area (Å²) in [7, 11) is -4.41. The van der Waals surface area contributed by atoms with Gasteiger partial charge in [0.05, 0.1) is 26.9 Å². The molecular formula is C17H14ClF3N4O2S. The highest BCUT2D eigenvalue weighted by atomic mass is 35.5. The number of hydrogen-bond acceptors (Lipinski definition) is 5. The van der Waals surface area contributed by atoms with Crippen LogP contribution in [0.15, 0.2) is 52.3 Å². The van der Waals surface area contributed by atoms with E-state index in [-0.39, 0.29) is 16.5 Å². The lowest BCUT2D eigenvalue weighted by molar-refractivity contribution is -0.137. The smallest absolute Gasteiger partial charge is 0.398 e. The summed E-state index contributed by atoms with van der Waals surface area (Å²) in [6, 6.07) is 8.83. The fraction of sp³-hybridized carbons (Fsp3) is 0.118. The fourth-order valence-corrected chi connectivity index (χ4v) is 4.50. The molecule has 0 amide bonds. The minimum absolute atomic E-state index is 0.0165. The number of halogens is 4. The van der Waals surface area contributed by atoms with Gasteiger partial charge in [0.25, 0.3) is 0 Å². The van der Waals surface area contributed by atoms with Crippen LogP contribution in [0.1, 0.15) is 11.3 Å². The van der Waals surface area contributed by atoms with Crippen molar-refractivity contribution in [3.05, 3.63) is 58.7 Å². The van der Waals surface area contributed by atoms with Crippen molar-refractivity contribution < 1.29 is 21.6 Å². The molecule has 0 aliphatic carbocycles. The Morgan fingerprint density at radius 2 is 1.75 bits per heavy atom. The van der Waals surface area contributed by atoms with Crippen LogP contribution in [0.2, 0.25) is 5.02 Å². The van der Waals surface area contributed by atoms with Gasteiger partial charge in [0.1, 0.15) is 10.7 Å². The molecular weight excluding hydrogens is 417 g/mol. The summed E-state index contributed by atoms with van der Waals surface area (Å²) in [5, 5.41) is 4.37. The van der Waals surface area contributed by atoms with Crippen molar-refractivity contribution in [2.75, 3.05) is 11.5 Å². The minimum atomic E-state index is -4.81. The molecule has 0 bridgehead atoms. The van der Waals surface area contributed by atoms with Crippen LogP contribution >= 0.6 is 11.6 Å². The lowest BCUT2D eigenvalue weighted by Gasteiger charge is -2.12. The molecule has 3 aromatic rings. The zero-order valence-corrected chi connectivity index (χ0v) is 15.9. The van der Waals surface area contributed by atoms with E-state index in [9.17, 15) is 21.6 Å². The van der Waals surface area contributed by atoms with Gasteiger partial charge in [-0.2, -0.15) is 18.3 Å². The van der Waals surface area contributed by atoms with E-state index in [2.05, 4.69) is 5.10 Å². The van der Waals surface area contributed by atoms with E-state index in [1.54, 1.807) is 24.3 Å². The van der Waals surface area contributed by atoms with Crippen molar-refractivity contribution >= 4 is 32.9 Å². The molecule has 1 heterocycles. The van der Waals surface area contributed by atoms with Crippen LogP contribution in [-0.2, 0) is 16.0 Å². The van der Waals surface area contributed by atoms with Crippen LogP contribution in [0.4, 0.5) is 24.7 Å². The molecule has 0 aliphatic heterocycles. The summed E-state index contributed by atoms with van der Waals surface area (Å²) in [4.78, 5) is -0.993. The molecule has 1 aromatic heterocycles. The molecule has 11 heteroatoms. The molecule has 0 saturated heterocycles. The SMILES string of the molecule is Cc1nn(-c2ccccc2Cl)c(N)c1S(=O)(=O)c1ccc(N)c(C(F)(F)F)c1. The van der Waals surface area contributed by atoms with Gasteiger partial charge in [-0.1, -0.05) is 23.7 Å². The number of aromatic nitrogens is 2. The molecule has 0 saturated carbocycles. The summed E-state index contributed by atoms with van der Waals surface area (Å²) < 4.78 is 66.5. The first-order valence-electron chi connectivity index (χ1n) is 7.76. The van der Waals surface area contributed by atoms with E-state index in [0.717, 1.165) is 16.8 Å². The number of sulfone groups is 1. The average molecular weight is 431 g/mol. The second kappa shape index (κ2) is 6.71. The summed E-state index contributed by atoms with van der Waals surface area (Å²) in [6.07, 6.45) is -4.81. The average Bonchev–Trinajstić information content (AvgIpc) is 2.89. The Morgan fingerprint density at radius 3 is 2.36 bits per heavy atom. The Labute approximate surface area is 163 Å². The predicted octanol–water partition coefficient (Wildman–Crippen LogP) is 3.85. The van der Waals surface area contributed by atoms with E-state index in [1.807, 2.05) is 0 Å². The topological polar surface area (TPSA) is 104 Å². The number of aryl methyl sites for hydroxylation is 1. The molecule has 28 heavy (non-hydrogen) atoms. The lowest BCUT2D eigenvalue weighted by atomic mass is 10.2. The second-order valence-corrected chi connectivity index (χ2v) is 8.21. The Kier molecular flexibility index (Phi) is 4.80. The highest BCUT2D eigenvalue weighted by Crippen LogP contribution is 2.38. The number of nitrogens with zero attached hydrogens (tertiary/aromatic N) is 2. The van der Waals surface area contributed by atoms with Crippen LogP contribution in [0, 0.1) is 6.92 Å². The number of para-hydroxylation sites is 1. The number of nitrogens with two attached hydrogens (primary N) is 2. The molecule has 0 fully saturated rings. The first-order chi connectivity index (χ1) is 12.9. The summed E-state index contributed by atoms with van der Waals surface area (Å²) >= 11 is 6.11. The predicted molar refractivity (Wildman–Crippen MR) is 99.0 cm³/mol. The normalized spacial score (nSPS) is 12.3. The molecule has 0 atom stereocenters. The van der Waals surface area contributed by atoms with Gasteiger partial charge < -0.3 is 11.5 Å². The molecule has 4 N–H and O–H groups in total. The Hall–Kier alpha value is -2.72. The third kappa shape index (κ3) is 3.29. The van der Waals surface area contributed by atoms with Gasteiger partial charge in [-0.05, 0) is 37.3 Å². The zero-order chi connectivity index (χ0) is 20.9. The van der Waals surface area contributed by atoms with E-state index >= 15 is 0 Å². The van der Waals surface area contributed by atoms with Crippen LogP contribution < -0.4 is 11.5 Å². The number of nitrogen functional groups attached to an aromatic ring is 2. The van der Waals surface area contributed by atoms with Crippen LogP contribution in [0.3, 0.4) is 0 Å². The number of alkyl halides is 3. The van der Waals surface area contributed by atoms with Crippen molar-refractivity contribution in [2.45, 2.75) is 22.9 Å². The Bertz CT molecular complexity index is 1170. The van der Waals surface area contributed by atoms with E-state index in [0.29, 0.717) is 11.8 Å². The summed E-state index contributed by atoms with van der Waals surface area (Å²) in [5.74, 6) is -0.268. The lowest BCUT2D eigenvalue weighted by Crippen LogP contribution is -2.12. The first kappa shape index (κ1) is 20.0. The summed E-state index contributed by atoms with van der Waals surface area (Å²) in [6.45, 7) is 1.39. The fourth-order valence-electron chi connectivity index (χ4n) is 2.74. The molecule has 3 rings (SSSR count). The number of hydrogen-bond donors (Lipinski definition) is 2. The highest BCUT2D eigenvalue weighted by Gasteiger charge is 2.36. The molecule has 0 unspecified atom stereocenters. The Morgan fingerprint density at radius 1 is 1.11 bits per heavy atom.